The minimum absolute atomic E-state index is 0.0138. The van der Waals surface area contributed by atoms with Crippen molar-refractivity contribution in [2.45, 2.75) is 77.0 Å². The number of rotatable bonds is 4. The standard InChI is InChI=1S/C21H29F3/c1-2-3-14-4-6-15(7-5-14)16-8-10-17(11-9-16)20-18(22)12-13-19(23)21(20)24/h12-17H,2-11H2,1H3. The number of halogens is 3. The van der Waals surface area contributed by atoms with Crippen molar-refractivity contribution in [1.29, 1.82) is 0 Å². The van der Waals surface area contributed by atoms with Gasteiger partial charge in [-0.15, -0.1) is 0 Å². The lowest BCUT2D eigenvalue weighted by Crippen LogP contribution is -2.26. The van der Waals surface area contributed by atoms with Gasteiger partial charge >= 0.3 is 0 Å². The quantitative estimate of drug-likeness (QED) is 0.519. The third kappa shape index (κ3) is 3.81. The van der Waals surface area contributed by atoms with Crippen LogP contribution in [0.3, 0.4) is 0 Å². The molecule has 0 spiro atoms. The average molecular weight is 338 g/mol. The largest absolute Gasteiger partial charge is 0.207 e. The summed E-state index contributed by atoms with van der Waals surface area (Å²) in [5.74, 6) is -0.241. The van der Waals surface area contributed by atoms with E-state index in [1.807, 2.05) is 0 Å². The second-order valence-corrected chi connectivity index (χ2v) is 7.94. The van der Waals surface area contributed by atoms with Crippen LogP contribution in [0.4, 0.5) is 13.2 Å². The first kappa shape index (κ1) is 17.8. The third-order valence-electron chi connectivity index (χ3n) is 6.51. The predicted octanol–water partition coefficient (Wildman–Crippen LogP) is 6.98. The van der Waals surface area contributed by atoms with Gasteiger partial charge in [-0.3, -0.25) is 0 Å². The van der Waals surface area contributed by atoms with E-state index in [1.54, 1.807) is 0 Å². The minimum atomic E-state index is -0.974. The highest BCUT2D eigenvalue weighted by Gasteiger charge is 2.33. The van der Waals surface area contributed by atoms with Gasteiger partial charge < -0.3 is 0 Å². The smallest absolute Gasteiger partial charge is 0.165 e. The van der Waals surface area contributed by atoms with Crippen LogP contribution in [0.15, 0.2) is 12.1 Å². The topological polar surface area (TPSA) is 0 Å². The lowest BCUT2D eigenvalue weighted by atomic mass is 9.68. The highest BCUT2D eigenvalue weighted by atomic mass is 19.2. The van der Waals surface area contributed by atoms with Crippen molar-refractivity contribution in [2.75, 3.05) is 0 Å². The molecule has 0 nitrogen and oxygen atoms in total. The Bertz CT molecular complexity index is 538. The molecule has 134 valence electrons. The van der Waals surface area contributed by atoms with Gasteiger partial charge in [-0.25, -0.2) is 13.2 Å². The van der Waals surface area contributed by atoms with Crippen molar-refractivity contribution in [3.8, 4) is 0 Å². The van der Waals surface area contributed by atoms with Crippen molar-refractivity contribution < 1.29 is 13.2 Å². The Hall–Kier alpha value is -0.990. The van der Waals surface area contributed by atoms with Crippen LogP contribution in [-0.2, 0) is 0 Å². The molecular weight excluding hydrogens is 309 g/mol. The summed E-state index contributed by atoms with van der Waals surface area (Å²) < 4.78 is 41.4. The van der Waals surface area contributed by atoms with E-state index in [1.165, 1.54) is 38.5 Å². The van der Waals surface area contributed by atoms with Gasteiger partial charge in [0.1, 0.15) is 5.82 Å². The van der Waals surface area contributed by atoms with Crippen LogP contribution in [0.25, 0.3) is 0 Å². The van der Waals surface area contributed by atoms with Crippen molar-refractivity contribution in [1.82, 2.24) is 0 Å². The maximum atomic E-state index is 14.0. The molecule has 3 heteroatoms. The zero-order chi connectivity index (χ0) is 17.1. The van der Waals surface area contributed by atoms with E-state index in [9.17, 15) is 13.2 Å². The molecule has 2 aliphatic rings. The number of benzene rings is 1. The molecule has 0 aromatic heterocycles. The van der Waals surface area contributed by atoms with Crippen molar-refractivity contribution in [3.05, 3.63) is 35.1 Å². The van der Waals surface area contributed by atoms with Crippen LogP contribution in [-0.4, -0.2) is 0 Å². The lowest BCUT2D eigenvalue weighted by Gasteiger charge is -2.38. The summed E-state index contributed by atoms with van der Waals surface area (Å²) in [6, 6.07) is 1.95. The number of hydrogen-bond acceptors (Lipinski definition) is 0. The molecule has 0 amide bonds. The second kappa shape index (κ2) is 7.93. The molecule has 3 rings (SSSR count). The molecule has 2 saturated carbocycles. The van der Waals surface area contributed by atoms with Gasteiger partial charge in [0, 0.05) is 5.56 Å². The summed E-state index contributed by atoms with van der Waals surface area (Å²) in [4.78, 5) is 0. The lowest BCUT2D eigenvalue weighted by molar-refractivity contribution is 0.155. The summed E-state index contributed by atoms with van der Waals surface area (Å²) in [6.45, 7) is 2.26. The highest BCUT2D eigenvalue weighted by molar-refractivity contribution is 5.25. The maximum Gasteiger partial charge on any atom is 0.165 e. The van der Waals surface area contributed by atoms with E-state index in [0.717, 1.165) is 49.7 Å². The molecule has 0 saturated heterocycles. The van der Waals surface area contributed by atoms with E-state index in [-0.39, 0.29) is 11.5 Å². The fourth-order valence-electron chi connectivity index (χ4n) is 5.15. The summed E-state index contributed by atoms with van der Waals surface area (Å²) in [6.07, 6.45) is 11.6. The molecule has 2 aliphatic carbocycles. The Morgan fingerprint density at radius 3 is 1.92 bits per heavy atom. The van der Waals surface area contributed by atoms with E-state index in [0.29, 0.717) is 5.92 Å². The monoisotopic (exact) mass is 338 g/mol. The van der Waals surface area contributed by atoms with E-state index in [4.69, 9.17) is 0 Å². The van der Waals surface area contributed by atoms with Gasteiger partial charge in [0.2, 0.25) is 0 Å². The highest BCUT2D eigenvalue weighted by Crippen LogP contribution is 2.45. The average Bonchev–Trinajstić information content (AvgIpc) is 2.60. The van der Waals surface area contributed by atoms with Crippen LogP contribution < -0.4 is 0 Å². The van der Waals surface area contributed by atoms with Gasteiger partial charge in [0.05, 0.1) is 0 Å². The third-order valence-corrected chi connectivity index (χ3v) is 6.51. The van der Waals surface area contributed by atoms with Crippen LogP contribution in [0, 0.1) is 35.2 Å². The molecule has 0 aliphatic heterocycles. The molecule has 2 fully saturated rings. The minimum Gasteiger partial charge on any atom is -0.207 e. The molecule has 0 atom stereocenters. The normalized spacial score (nSPS) is 31.2. The molecule has 1 aromatic carbocycles. The molecule has 0 heterocycles. The zero-order valence-electron chi connectivity index (χ0n) is 14.7. The van der Waals surface area contributed by atoms with Crippen LogP contribution >= 0.6 is 0 Å². The Morgan fingerprint density at radius 1 is 0.792 bits per heavy atom. The van der Waals surface area contributed by atoms with Crippen molar-refractivity contribution in [3.63, 3.8) is 0 Å². The van der Waals surface area contributed by atoms with E-state index in [2.05, 4.69) is 6.92 Å². The Labute approximate surface area is 143 Å². The first-order chi connectivity index (χ1) is 11.6. The van der Waals surface area contributed by atoms with E-state index >= 15 is 0 Å². The summed E-state index contributed by atoms with van der Waals surface area (Å²) >= 11 is 0. The van der Waals surface area contributed by atoms with Gasteiger partial charge in [-0.05, 0) is 74.3 Å². The van der Waals surface area contributed by atoms with Crippen LogP contribution in [0.5, 0.6) is 0 Å². The summed E-state index contributed by atoms with van der Waals surface area (Å²) in [5.41, 5.74) is -0.0138. The maximum absolute atomic E-state index is 14.0. The first-order valence-corrected chi connectivity index (χ1v) is 9.73. The van der Waals surface area contributed by atoms with E-state index < -0.39 is 17.5 Å². The van der Waals surface area contributed by atoms with Crippen molar-refractivity contribution >= 4 is 0 Å². The molecule has 1 aromatic rings. The molecule has 0 unspecified atom stereocenters. The molecular formula is C21H29F3. The Kier molecular flexibility index (Phi) is 5.89. The van der Waals surface area contributed by atoms with Crippen LogP contribution in [0.1, 0.15) is 82.6 Å². The van der Waals surface area contributed by atoms with Crippen molar-refractivity contribution in [2.24, 2.45) is 17.8 Å². The summed E-state index contributed by atoms with van der Waals surface area (Å²) in [7, 11) is 0. The predicted molar refractivity (Wildman–Crippen MR) is 91.4 cm³/mol. The molecule has 0 N–H and O–H groups in total. The zero-order valence-corrected chi connectivity index (χ0v) is 14.7. The first-order valence-electron chi connectivity index (χ1n) is 9.73. The molecule has 0 bridgehead atoms. The van der Waals surface area contributed by atoms with Gasteiger partial charge in [-0.2, -0.15) is 0 Å². The molecule has 24 heavy (non-hydrogen) atoms. The SMILES string of the molecule is CCCC1CCC(C2CCC(c3c(F)ccc(F)c3F)CC2)CC1. The number of hydrogen-bond donors (Lipinski definition) is 0. The fraction of sp³-hybridized carbons (Fsp3) is 0.714. The van der Waals surface area contributed by atoms with Gasteiger partial charge in [0.15, 0.2) is 11.6 Å². The summed E-state index contributed by atoms with van der Waals surface area (Å²) in [5, 5.41) is 0. The fourth-order valence-corrected chi connectivity index (χ4v) is 5.15. The van der Waals surface area contributed by atoms with Gasteiger partial charge in [-0.1, -0.05) is 32.6 Å². The Morgan fingerprint density at radius 2 is 1.33 bits per heavy atom. The second-order valence-electron chi connectivity index (χ2n) is 7.94. The Balaban J connectivity index is 1.56. The van der Waals surface area contributed by atoms with Crippen LogP contribution in [0.2, 0.25) is 0 Å². The van der Waals surface area contributed by atoms with Gasteiger partial charge in [0.25, 0.3) is 0 Å². The molecule has 0 radical (unpaired) electrons.